The molecule has 0 bridgehead atoms. The second kappa shape index (κ2) is 11.1. The van der Waals surface area contributed by atoms with Crippen molar-refractivity contribution in [3.8, 4) is 11.5 Å². The molecule has 1 aromatic carbocycles. The molecule has 0 saturated heterocycles. The Labute approximate surface area is 137 Å². The normalized spacial score (nSPS) is 10.7. The van der Waals surface area contributed by atoms with Gasteiger partial charge in [0.2, 0.25) is 0 Å². The molecule has 0 heterocycles. The van der Waals surface area contributed by atoms with Crippen LogP contribution in [-0.4, -0.2) is 39.0 Å². The first kappa shape index (κ1) is 18.5. The van der Waals surface area contributed by atoms with E-state index in [-0.39, 0.29) is 0 Å². The second-order valence-electron chi connectivity index (χ2n) is 4.75. The van der Waals surface area contributed by atoms with Crippen LogP contribution in [0, 0.1) is 0 Å². The minimum atomic E-state index is 0.794. The van der Waals surface area contributed by atoms with E-state index in [2.05, 4.69) is 30.0 Å². The van der Waals surface area contributed by atoms with Crippen LogP contribution in [0.2, 0.25) is 0 Å². The van der Waals surface area contributed by atoms with E-state index in [4.69, 9.17) is 9.47 Å². The highest BCUT2D eigenvalue weighted by Crippen LogP contribution is 2.34. The van der Waals surface area contributed by atoms with Gasteiger partial charge < -0.3 is 14.8 Å². The van der Waals surface area contributed by atoms with Crippen LogP contribution in [0.25, 0.3) is 0 Å². The van der Waals surface area contributed by atoms with Crippen molar-refractivity contribution < 1.29 is 9.47 Å². The number of thioether (sulfide) groups is 2. The molecule has 5 heteroatoms. The zero-order valence-electron chi connectivity index (χ0n) is 13.5. The van der Waals surface area contributed by atoms with Gasteiger partial charge in [0.25, 0.3) is 0 Å². The first-order valence-electron chi connectivity index (χ1n) is 7.25. The number of methoxy groups -OCH3 is 2. The summed E-state index contributed by atoms with van der Waals surface area (Å²) in [6.07, 6.45) is 8.11. The molecule has 120 valence electrons. The van der Waals surface area contributed by atoms with Crippen molar-refractivity contribution in [1.29, 1.82) is 0 Å². The van der Waals surface area contributed by atoms with Gasteiger partial charge in [0.1, 0.15) is 0 Å². The molecular weight excluding hydrogens is 302 g/mol. The lowest BCUT2D eigenvalue weighted by Gasteiger charge is -2.14. The summed E-state index contributed by atoms with van der Waals surface area (Å²) in [7, 11) is 3.36. The summed E-state index contributed by atoms with van der Waals surface area (Å²) in [5.41, 5.74) is 1.27. The third-order valence-corrected chi connectivity index (χ3v) is 4.82. The van der Waals surface area contributed by atoms with E-state index in [0.29, 0.717) is 0 Å². The molecule has 0 saturated carbocycles. The van der Waals surface area contributed by atoms with Gasteiger partial charge in [0, 0.05) is 11.4 Å². The summed E-state index contributed by atoms with van der Waals surface area (Å²) in [6.45, 7) is 1.94. The largest absolute Gasteiger partial charge is 0.493 e. The van der Waals surface area contributed by atoms with Crippen molar-refractivity contribution in [3.63, 3.8) is 0 Å². The van der Waals surface area contributed by atoms with E-state index in [1.165, 1.54) is 35.5 Å². The molecule has 0 fully saturated rings. The highest BCUT2D eigenvalue weighted by molar-refractivity contribution is 7.98. The number of hydrogen-bond acceptors (Lipinski definition) is 5. The predicted octanol–water partition coefficient (Wildman–Crippen LogP) is 4.05. The van der Waals surface area contributed by atoms with Gasteiger partial charge in [-0.1, -0.05) is 6.42 Å². The van der Waals surface area contributed by atoms with E-state index in [1.54, 1.807) is 26.0 Å². The molecule has 0 amide bonds. The molecule has 0 aliphatic rings. The van der Waals surface area contributed by atoms with E-state index < -0.39 is 0 Å². The Morgan fingerprint density at radius 2 is 1.71 bits per heavy atom. The van der Waals surface area contributed by atoms with Crippen molar-refractivity contribution in [2.45, 2.75) is 30.7 Å². The smallest absolute Gasteiger partial charge is 0.161 e. The number of rotatable bonds is 11. The van der Waals surface area contributed by atoms with E-state index >= 15 is 0 Å². The summed E-state index contributed by atoms with van der Waals surface area (Å²) in [6, 6.07) is 4.13. The Morgan fingerprint density at radius 1 is 1.00 bits per heavy atom. The summed E-state index contributed by atoms with van der Waals surface area (Å²) in [5, 5.41) is 3.53. The molecule has 0 atom stereocenters. The van der Waals surface area contributed by atoms with Crippen molar-refractivity contribution in [2.75, 3.05) is 39.0 Å². The fourth-order valence-electron chi connectivity index (χ4n) is 2.13. The molecular formula is C16H27NO2S2. The van der Waals surface area contributed by atoms with Gasteiger partial charge in [-0.25, -0.2) is 0 Å². The number of benzene rings is 1. The lowest BCUT2D eigenvalue weighted by molar-refractivity contribution is 0.353. The minimum Gasteiger partial charge on any atom is -0.493 e. The third kappa shape index (κ3) is 6.41. The molecule has 0 unspecified atom stereocenters. The van der Waals surface area contributed by atoms with Gasteiger partial charge >= 0.3 is 0 Å². The Balaban J connectivity index is 2.49. The van der Waals surface area contributed by atoms with Gasteiger partial charge in [-0.2, -0.15) is 11.8 Å². The summed E-state index contributed by atoms with van der Waals surface area (Å²) in [4.78, 5) is 1.24. The van der Waals surface area contributed by atoms with Gasteiger partial charge in [-0.05, 0) is 55.3 Å². The molecule has 21 heavy (non-hydrogen) atoms. The maximum atomic E-state index is 5.38. The first-order valence-corrected chi connectivity index (χ1v) is 9.87. The molecule has 0 spiro atoms. The summed E-state index contributed by atoms with van der Waals surface area (Å²) >= 11 is 3.67. The second-order valence-corrected chi connectivity index (χ2v) is 6.58. The number of ether oxygens (including phenoxy) is 2. The topological polar surface area (TPSA) is 30.5 Å². The summed E-state index contributed by atoms with van der Waals surface area (Å²) in [5.74, 6) is 2.86. The van der Waals surface area contributed by atoms with Crippen LogP contribution in [0.4, 0.5) is 0 Å². The Bertz CT molecular complexity index is 414. The summed E-state index contributed by atoms with van der Waals surface area (Å²) < 4.78 is 10.7. The monoisotopic (exact) mass is 329 g/mol. The standard InChI is InChI=1S/C16H27NO2S2/c1-18-14-10-13(16(21-4)11-15(14)19-2)12-17-8-6-5-7-9-20-3/h10-11,17H,5-9,12H2,1-4H3. The lowest BCUT2D eigenvalue weighted by Crippen LogP contribution is -2.15. The van der Waals surface area contributed by atoms with E-state index in [9.17, 15) is 0 Å². The van der Waals surface area contributed by atoms with Crippen molar-refractivity contribution in [3.05, 3.63) is 17.7 Å². The molecule has 3 nitrogen and oxygen atoms in total. The molecule has 0 aliphatic carbocycles. The number of unbranched alkanes of at least 4 members (excludes halogenated alkanes) is 2. The van der Waals surface area contributed by atoms with Gasteiger partial charge in [-0.3, -0.25) is 0 Å². The van der Waals surface area contributed by atoms with Gasteiger partial charge in [0.15, 0.2) is 11.5 Å². The Kier molecular flexibility index (Phi) is 9.79. The molecule has 1 rings (SSSR count). The first-order chi connectivity index (χ1) is 10.3. The Morgan fingerprint density at radius 3 is 2.33 bits per heavy atom. The minimum absolute atomic E-state index is 0.794. The number of hydrogen-bond donors (Lipinski definition) is 1. The fraction of sp³-hybridized carbons (Fsp3) is 0.625. The highest BCUT2D eigenvalue weighted by atomic mass is 32.2. The van der Waals surface area contributed by atoms with Crippen LogP contribution in [0.3, 0.4) is 0 Å². The van der Waals surface area contributed by atoms with Crippen LogP contribution in [0.15, 0.2) is 17.0 Å². The zero-order chi connectivity index (χ0) is 15.5. The molecule has 1 aromatic rings. The van der Waals surface area contributed by atoms with Crippen LogP contribution in [0.5, 0.6) is 11.5 Å². The van der Waals surface area contributed by atoms with Gasteiger partial charge in [0.05, 0.1) is 14.2 Å². The van der Waals surface area contributed by atoms with E-state index in [1.807, 2.05) is 11.8 Å². The van der Waals surface area contributed by atoms with Crippen LogP contribution in [-0.2, 0) is 6.54 Å². The average molecular weight is 330 g/mol. The van der Waals surface area contributed by atoms with Gasteiger partial charge in [-0.15, -0.1) is 11.8 Å². The van der Waals surface area contributed by atoms with Crippen LogP contribution >= 0.6 is 23.5 Å². The van der Waals surface area contributed by atoms with Crippen LogP contribution < -0.4 is 14.8 Å². The average Bonchev–Trinajstić information content (AvgIpc) is 2.53. The quantitative estimate of drug-likeness (QED) is 0.489. The third-order valence-electron chi connectivity index (χ3n) is 3.30. The lowest BCUT2D eigenvalue weighted by atomic mass is 10.2. The fourth-order valence-corrected chi connectivity index (χ4v) is 3.24. The van der Waals surface area contributed by atoms with Crippen molar-refractivity contribution in [2.24, 2.45) is 0 Å². The maximum absolute atomic E-state index is 5.38. The van der Waals surface area contributed by atoms with Crippen molar-refractivity contribution >= 4 is 23.5 Å². The molecule has 0 radical (unpaired) electrons. The highest BCUT2D eigenvalue weighted by Gasteiger charge is 2.10. The SMILES string of the molecule is COc1cc(CNCCCCCSC)c(SC)cc1OC. The maximum Gasteiger partial charge on any atom is 0.161 e. The van der Waals surface area contributed by atoms with Crippen LogP contribution in [0.1, 0.15) is 24.8 Å². The predicted molar refractivity (Wildman–Crippen MR) is 95.3 cm³/mol. The zero-order valence-corrected chi connectivity index (χ0v) is 15.2. The van der Waals surface area contributed by atoms with Crippen molar-refractivity contribution in [1.82, 2.24) is 5.32 Å². The molecule has 0 aromatic heterocycles. The Hall–Kier alpha value is -0.520. The molecule has 1 N–H and O–H groups in total. The number of nitrogens with one attached hydrogen (secondary N) is 1. The van der Waals surface area contributed by atoms with E-state index in [0.717, 1.165) is 24.6 Å². The molecule has 0 aliphatic heterocycles.